The van der Waals surface area contributed by atoms with Crippen LogP contribution in [0.2, 0.25) is 0 Å². The second-order valence-corrected chi connectivity index (χ2v) is 5.26. The van der Waals surface area contributed by atoms with Gasteiger partial charge in [0.1, 0.15) is 0 Å². The minimum Gasteiger partial charge on any atom is -0.382 e. The van der Waals surface area contributed by atoms with Gasteiger partial charge in [0.25, 0.3) is 0 Å². The van der Waals surface area contributed by atoms with Gasteiger partial charge in [0.2, 0.25) is 5.91 Å². The van der Waals surface area contributed by atoms with Crippen LogP contribution in [0.5, 0.6) is 0 Å². The summed E-state index contributed by atoms with van der Waals surface area (Å²) >= 11 is 0. The van der Waals surface area contributed by atoms with Crippen molar-refractivity contribution < 1.29 is 4.79 Å². The lowest BCUT2D eigenvalue weighted by molar-refractivity contribution is -0.119. The van der Waals surface area contributed by atoms with Crippen LogP contribution in [-0.4, -0.2) is 25.0 Å². The summed E-state index contributed by atoms with van der Waals surface area (Å²) in [6.07, 6.45) is 4.79. The largest absolute Gasteiger partial charge is 0.382 e. The second kappa shape index (κ2) is 6.57. The van der Waals surface area contributed by atoms with Crippen molar-refractivity contribution >= 4 is 11.6 Å². The number of hydrogen-bond acceptors (Lipinski definition) is 3. The molecule has 1 aliphatic rings. The number of likely N-dealkylation sites (N-methyl/N-ethyl adjacent to an activating group) is 1. The number of carbonyl (C=O) groups excluding carboxylic acids is 1. The molecule has 1 saturated carbocycles. The molecule has 4 heteroatoms. The molecular formula is C15H23N3O. The Hall–Kier alpha value is -1.55. The SMILES string of the molecule is CNC(=O)Cc1ccccc1NC1CCC(N)CC1. The predicted molar refractivity (Wildman–Crippen MR) is 78.1 cm³/mol. The van der Waals surface area contributed by atoms with Crippen molar-refractivity contribution in [1.29, 1.82) is 0 Å². The Morgan fingerprint density at radius 3 is 2.63 bits per heavy atom. The second-order valence-electron chi connectivity index (χ2n) is 5.26. The molecule has 0 bridgehead atoms. The summed E-state index contributed by atoms with van der Waals surface area (Å²) in [6.45, 7) is 0. The van der Waals surface area contributed by atoms with Crippen LogP contribution in [0, 0.1) is 0 Å². The third-order valence-corrected chi connectivity index (χ3v) is 3.78. The zero-order valence-electron chi connectivity index (χ0n) is 11.5. The summed E-state index contributed by atoms with van der Waals surface area (Å²) in [5.41, 5.74) is 8.05. The highest BCUT2D eigenvalue weighted by Crippen LogP contribution is 2.23. The first-order valence-corrected chi connectivity index (χ1v) is 6.99. The topological polar surface area (TPSA) is 67.2 Å². The molecule has 0 atom stereocenters. The van der Waals surface area contributed by atoms with Crippen molar-refractivity contribution in [3.05, 3.63) is 29.8 Å². The van der Waals surface area contributed by atoms with E-state index in [2.05, 4.69) is 10.6 Å². The molecular weight excluding hydrogens is 238 g/mol. The molecule has 4 N–H and O–H groups in total. The Morgan fingerprint density at radius 1 is 1.26 bits per heavy atom. The van der Waals surface area contributed by atoms with Crippen LogP contribution in [0.3, 0.4) is 0 Å². The summed E-state index contributed by atoms with van der Waals surface area (Å²) in [6, 6.07) is 8.87. The fraction of sp³-hybridized carbons (Fsp3) is 0.533. The Balaban J connectivity index is 2.01. The Bertz CT molecular complexity index is 425. The fourth-order valence-electron chi connectivity index (χ4n) is 2.56. The molecule has 104 valence electrons. The zero-order chi connectivity index (χ0) is 13.7. The molecule has 1 aromatic carbocycles. The van der Waals surface area contributed by atoms with E-state index in [1.807, 2.05) is 24.3 Å². The van der Waals surface area contributed by atoms with Gasteiger partial charge in [0, 0.05) is 24.8 Å². The van der Waals surface area contributed by atoms with E-state index in [9.17, 15) is 4.79 Å². The number of benzene rings is 1. The van der Waals surface area contributed by atoms with Gasteiger partial charge < -0.3 is 16.4 Å². The molecule has 0 heterocycles. The molecule has 1 fully saturated rings. The predicted octanol–water partition coefficient (Wildman–Crippen LogP) is 1.66. The number of nitrogens with two attached hydrogens (primary N) is 1. The quantitative estimate of drug-likeness (QED) is 0.772. The van der Waals surface area contributed by atoms with E-state index >= 15 is 0 Å². The molecule has 0 saturated heterocycles. The average Bonchev–Trinajstić information content (AvgIpc) is 2.43. The molecule has 0 spiro atoms. The van der Waals surface area contributed by atoms with Gasteiger partial charge in [-0.1, -0.05) is 18.2 Å². The Labute approximate surface area is 114 Å². The van der Waals surface area contributed by atoms with Crippen LogP contribution < -0.4 is 16.4 Å². The van der Waals surface area contributed by atoms with Crippen LogP contribution in [0.25, 0.3) is 0 Å². The first-order valence-electron chi connectivity index (χ1n) is 6.99. The van der Waals surface area contributed by atoms with E-state index in [1.54, 1.807) is 7.05 Å². The van der Waals surface area contributed by atoms with Crippen LogP contribution >= 0.6 is 0 Å². The van der Waals surface area contributed by atoms with E-state index < -0.39 is 0 Å². The Morgan fingerprint density at radius 2 is 1.95 bits per heavy atom. The molecule has 19 heavy (non-hydrogen) atoms. The summed E-state index contributed by atoms with van der Waals surface area (Å²) < 4.78 is 0. The minimum absolute atomic E-state index is 0.0416. The lowest BCUT2D eigenvalue weighted by Crippen LogP contribution is -2.33. The third kappa shape index (κ3) is 3.96. The number of nitrogens with one attached hydrogen (secondary N) is 2. The molecule has 2 rings (SSSR count). The van der Waals surface area contributed by atoms with Crippen LogP contribution in [-0.2, 0) is 11.2 Å². The molecule has 1 amide bonds. The summed E-state index contributed by atoms with van der Waals surface area (Å²) in [5, 5.41) is 6.23. The lowest BCUT2D eigenvalue weighted by Gasteiger charge is -2.28. The van der Waals surface area contributed by atoms with Crippen LogP contribution in [0.15, 0.2) is 24.3 Å². The van der Waals surface area contributed by atoms with Gasteiger partial charge in [-0.3, -0.25) is 4.79 Å². The Kier molecular flexibility index (Phi) is 4.80. The van der Waals surface area contributed by atoms with Crippen molar-refractivity contribution in [1.82, 2.24) is 5.32 Å². The maximum atomic E-state index is 11.5. The highest BCUT2D eigenvalue weighted by atomic mass is 16.1. The smallest absolute Gasteiger partial charge is 0.224 e. The molecule has 1 aliphatic carbocycles. The summed E-state index contributed by atoms with van der Waals surface area (Å²) in [4.78, 5) is 11.5. The van der Waals surface area contributed by atoms with Gasteiger partial charge in [-0.15, -0.1) is 0 Å². The first-order chi connectivity index (χ1) is 9.19. The van der Waals surface area contributed by atoms with Crippen molar-refractivity contribution in [2.45, 2.75) is 44.2 Å². The van der Waals surface area contributed by atoms with E-state index in [1.165, 1.54) is 0 Å². The molecule has 1 aromatic rings. The van der Waals surface area contributed by atoms with Crippen LogP contribution in [0.1, 0.15) is 31.2 Å². The van der Waals surface area contributed by atoms with Gasteiger partial charge in [0.15, 0.2) is 0 Å². The minimum atomic E-state index is 0.0416. The number of carbonyl (C=O) groups is 1. The van der Waals surface area contributed by atoms with Crippen LogP contribution in [0.4, 0.5) is 5.69 Å². The normalized spacial score (nSPS) is 22.8. The average molecular weight is 261 g/mol. The first kappa shape index (κ1) is 13.9. The van der Waals surface area contributed by atoms with Crippen molar-refractivity contribution in [2.75, 3.05) is 12.4 Å². The number of hydrogen-bond donors (Lipinski definition) is 3. The van der Waals surface area contributed by atoms with Crippen molar-refractivity contribution in [3.63, 3.8) is 0 Å². The van der Waals surface area contributed by atoms with E-state index in [0.717, 1.165) is 36.9 Å². The molecule has 0 radical (unpaired) electrons. The maximum absolute atomic E-state index is 11.5. The van der Waals surface area contributed by atoms with Gasteiger partial charge in [-0.2, -0.15) is 0 Å². The van der Waals surface area contributed by atoms with Gasteiger partial charge in [-0.05, 0) is 37.3 Å². The van der Waals surface area contributed by atoms with E-state index in [4.69, 9.17) is 5.73 Å². The third-order valence-electron chi connectivity index (χ3n) is 3.78. The molecule has 0 aromatic heterocycles. The number of para-hydroxylation sites is 1. The van der Waals surface area contributed by atoms with E-state index in [-0.39, 0.29) is 5.91 Å². The summed E-state index contributed by atoms with van der Waals surface area (Å²) in [7, 11) is 1.67. The number of rotatable bonds is 4. The monoisotopic (exact) mass is 261 g/mol. The van der Waals surface area contributed by atoms with E-state index in [0.29, 0.717) is 18.5 Å². The fourth-order valence-corrected chi connectivity index (χ4v) is 2.56. The number of anilines is 1. The van der Waals surface area contributed by atoms with Crippen molar-refractivity contribution in [3.8, 4) is 0 Å². The maximum Gasteiger partial charge on any atom is 0.224 e. The highest BCUT2D eigenvalue weighted by Gasteiger charge is 2.19. The molecule has 4 nitrogen and oxygen atoms in total. The highest BCUT2D eigenvalue weighted by molar-refractivity contribution is 5.80. The van der Waals surface area contributed by atoms with Gasteiger partial charge in [-0.25, -0.2) is 0 Å². The van der Waals surface area contributed by atoms with Gasteiger partial charge in [0.05, 0.1) is 6.42 Å². The molecule has 0 aliphatic heterocycles. The molecule has 0 unspecified atom stereocenters. The van der Waals surface area contributed by atoms with Gasteiger partial charge >= 0.3 is 0 Å². The lowest BCUT2D eigenvalue weighted by atomic mass is 9.91. The number of amides is 1. The standard InChI is InChI=1S/C15H23N3O/c1-17-15(19)10-11-4-2-3-5-14(11)18-13-8-6-12(16)7-9-13/h2-5,12-13,18H,6-10,16H2,1H3,(H,17,19). The van der Waals surface area contributed by atoms with Crippen molar-refractivity contribution in [2.24, 2.45) is 5.73 Å². The zero-order valence-corrected chi connectivity index (χ0v) is 11.5. The summed E-state index contributed by atoms with van der Waals surface area (Å²) in [5.74, 6) is 0.0416.